The van der Waals surface area contributed by atoms with Crippen LogP contribution >= 0.6 is 0 Å². The van der Waals surface area contributed by atoms with Gasteiger partial charge in [-0.05, 0) is 30.9 Å². The summed E-state index contributed by atoms with van der Waals surface area (Å²) in [5, 5.41) is 13.2. The first-order chi connectivity index (χ1) is 9.19. The standard InChI is InChI=1S/C13H17N3O3/c1-2-19-13(18)12(15-16-14)11(17)9-8-10-6-4-3-5-7-10/h3-7,11-12,17H,2,8-9H2,1H3/t11-,12-/m0/s1. The number of benzene rings is 1. The summed E-state index contributed by atoms with van der Waals surface area (Å²) in [5.41, 5.74) is 9.47. The molecule has 0 aliphatic rings. The van der Waals surface area contributed by atoms with E-state index >= 15 is 0 Å². The van der Waals surface area contributed by atoms with E-state index in [1.807, 2.05) is 30.3 Å². The number of nitrogens with zero attached hydrogens (tertiary/aromatic N) is 3. The number of esters is 1. The minimum Gasteiger partial charge on any atom is -0.466 e. The summed E-state index contributed by atoms with van der Waals surface area (Å²) in [5.74, 6) is -0.694. The van der Waals surface area contributed by atoms with Crippen molar-refractivity contribution in [3.63, 3.8) is 0 Å². The topological polar surface area (TPSA) is 95.3 Å². The number of azide groups is 1. The monoisotopic (exact) mass is 263 g/mol. The number of carbonyl (C=O) groups excluding carboxylic acids is 1. The second-order valence-electron chi connectivity index (χ2n) is 3.99. The Labute approximate surface area is 111 Å². The lowest BCUT2D eigenvalue weighted by molar-refractivity contribution is -0.147. The molecule has 0 fully saturated rings. The van der Waals surface area contributed by atoms with Gasteiger partial charge in [0.05, 0.1) is 12.7 Å². The maximum Gasteiger partial charge on any atom is 0.317 e. The Kier molecular flexibility index (Phi) is 6.43. The molecular weight excluding hydrogens is 246 g/mol. The minimum absolute atomic E-state index is 0.182. The lowest BCUT2D eigenvalue weighted by atomic mass is 10.0. The number of rotatable bonds is 7. The Bertz CT molecular complexity index is 444. The maximum absolute atomic E-state index is 11.5. The van der Waals surface area contributed by atoms with Gasteiger partial charge >= 0.3 is 5.97 Å². The summed E-state index contributed by atoms with van der Waals surface area (Å²) in [6.07, 6.45) is -0.124. The molecule has 0 unspecified atom stereocenters. The van der Waals surface area contributed by atoms with Gasteiger partial charge in [0.15, 0.2) is 6.04 Å². The van der Waals surface area contributed by atoms with Crippen LogP contribution in [0.2, 0.25) is 0 Å². The molecule has 0 aliphatic heterocycles. The fourth-order valence-electron chi connectivity index (χ4n) is 1.68. The van der Waals surface area contributed by atoms with Crippen molar-refractivity contribution in [2.45, 2.75) is 31.9 Å². The molecule has 1 N–H and O–H groups in total. The van der Waals surface area contributed by atoms with Gasteiger partial charge < -0.3 is 9.84 Å². The second kappa shape index (κ2) is 8.13. The molecule has 1 aromatic rings. The van der Waals surface area contributed by atoms with Crippen LogP contribution < -0.4 is 0 Å². The predicted molar refractivity (Wildman–Crippen MR) is 70.3 cm³/mol. The molecule has 102 valence electrons. The summed E-state index contributed by atoms with van der Waals surface area (Å²) in [6, 6.07) is 8.38. The molecule has 0 bridgehead atoms. The first-order valence-corrected chi connectivity index (χ1v) is 6.11. The van der Waals surface area contributed by atoms with Crippen LogP contribution in [0.4, 0.5) is 0 Å². The number of carbonyl (C=O) groups is 1. The molecule has 2 atom stereocenters. The molecule has 0 saturated heterocycles. The zero-order valence-electron chi connectivity index (χ0n) is 10.8. The minimum atomic E-state index is -1.19. The molecule has 6 nitrogen and oxygen atoms in total. The summed E-state index contributed by atoms with van der Waals surface area (Å²) < 4.78 is 4.77. The van der Waals surface area contributed by atoms with E-state index in [9.17, 15) is 9.90 Å². The number of aliphatic hydroxyl groups is 1. The predicted octanol–water partition coefficient (Wildman–Crippen LogP) is 2.22. The Balaban J connectivity index is 2.59. The van der Waals surface area contributed by atoms with Crippen molar-refractivity contribution in [3.8, 4) is 0 Å². The Morgan fingerprint density at radius 2 is 2.16 bits per heavy atom. The van der Waals surface area contributed by atoms with Gasteiger partial charge in [-0.15, -0.1) is 0 Å². The number of aryl methyl sites for hydroxylation is 1. The van der Waals surface area contributed by atoms with Gasteiger partial charge in [0, 0.05) is 4.91 Å². The molecule has 0 heterocycles. The highest BCUT2D eigenvalue weighted by molar-refractivity contribution is 5.76. The van der Waals surface area contributed by atoms with Crippen LogP contribution in [-0.4, -0.2) is 29.8 Å². The molecule has 0 amide bonds. The Morgan fingerprint density at radius 1 is 1.47 bits per heavy atom. The molecule has 0 spiro atoms. The van der Waals surface area contributed by atoms with Crippen molar-refractivity contribution in [1.82, 2.24) is 0 Å². The Hall–Kier alpha value is -2.04. The lowest BCUT2D eigenvalue weighted by Gasteiger charge is -2.16. The van der Waals surface area contributed by atoms with Crippen molar-refractivity contribution in [2.24, 2.45) is 5.11 Å². The van der Waals surface area contributed by atoms with Gasteiger partial charge in [0.2, 0.25) is 0 Å². The molecule has 1 aromatic carbocycles. The third-order valence-corrected chi connectivity index (χ3v) is 2.64. The zero-order chi connectivity index (χ0) is 14.1. The second-order valence-corrected chi connectivity index (χ2v) is 3.99. The van der Waals surface area contributed by atoms with Crippen LogP contribution in [0.3, 0.4) is 0 Å². The van der Waals surface area contributed by atoms with E-state index in [2.05, 4.69) is 10.0 Å². The van der Waals surface area contributed by atoms with Crippen molar-refractivity contribution in [2.75, 3.05) is 6.61 Å². The largest absolute Gasteiger partial charge is 0.466 e. The number of hydrogen-bond donors (Lipinski definition) is 1. The highest BCUT2D eigenvalue weighted by Gasteiger charge is 2.26. The molecule has 1 rings (SSSR count). The average molecular weight is 263 g/mol. The maximum atomic E-state index is 11.5. The van der Waals surface area contributed by atoms with Crippen LogP contribution in [0.1, 0.15) is 18.9 Å². The van der Waals surface area contributed by atoms with E-state index in [1.54, 1.807) is 6.92 Å². The molecular formula is C13H17N3O3. The molecule has 0 aromatic heterocycles. The van der Waals surface area contributed by atoms with Gasteiger partial charge in [-0.25, -0.2) is 0 Å². The van der Waals surface area contributed by atoms with Gasteiger partial charge in [-0.1, -0.05) is 35.4 Å². The van der Waals surface area contributed by atoms with Crippen molar-refractivity contribution in [3.05, 3.63) is 46.3 Å². The van der Waals surface area contributed by atoms with Crippen molar-refractivity contribution < 1.29 is 14.6 Å². The lowest BCUT2D eigenvalue weighted by Crippen LogP contribution is -2.34. The van der Waals surface area contributed by atoms with E-state index in [1.165, 1.54) is 0 Å². The third-order valence-electron chi connectivity index (χ3n) is 2.64. The first kappa shape index (κ1) is 15.0. The fraction of sp³-hybridized carbons (Fsp3) is 0.462. The van der Waals surface area contributed by atoms with E-state index < -0.39 is 18.1 Å². The summed E-state index contributed by atoms with van der Waals surface area (Å²) in [4.78, 5) is 14.1. The highest BCUT2D eigenvalue weighted by Crippen LogP contribution is 2.11. The smallest absolute Gasteiger partial charge is 0.317 e. The third kappa shape index (κ3) is 4.99. The van der Waals surface area contributed by atoms with Gasteiger partial charge in [0.25, 0.3) is 0 Å². The molecule has 0 aliphatic carbocycles. The van der Waals surface area contributed by atoms with Crippen LogP contribution in [0.25, 0.3) is 10.4 Å². The van der Waals surface area contributed by atoms with Gasteiger partial charge in [-0.2, -0.15) is 0 Å². The van der Waals surface area contributed by atoms with E-state index in [4.69, 9.17) is 10.3 Å². The summed E-state index contributed by atoms with van der Waals surface area (Å²) in [6.45, 7) is 1.84. The fourth-order valence-corrected chi connectivity index (χ4v) is 1.68. The van der Waals surface area contributed by atoms with Crippen LogP contribution in [0, 0.1) is 0 Å². The SMILES string of the molecule is CCOC(=O)[C@@H](N=[N+]=[N-])[C@@H](O)CCc1ccccc1. The van der Waals surface area contributed by atoms with Crippen molar-refractivity contribution >= 4 is 5.97 Å². The number of aliphatic hydroxyl groups excluding tert-OH is 1. The van der Waals surface area contributed by atoms with E-state index in [-0.39, 0.29) is 6.61 Å². The van der Waals surface area contributed by atoms with Crippen molar-refractivity contribution in [1.29, 1.82) is 0 Å². The van der Waals surface area contributed by atoms with Crippen LogP contribution in [0.5, 0.6) is 0 Å². The molecule has 0 radical (unpaired) electrons. The van der Waals surface area contributed by atoms with Crippen LogP contribution in [-0.2, 0) is 16.0 Å². The Morgan fingerprint density at radius 3 is 2.74 bits per heavy atom. The quantitative estimate of drug-likeness (QED) is 0.353. The van der Waals surface area contributed by atoms with Gasteiger partial charge in [0.1, 0.15) is 0 Å². The number of ether oxygens (including phenoxy) is 1. The molecule has 6 heteroatoms. The highest BCUT2D eigenvalue weighted by atomic mass is 16.5. The number of hydrogen-bond acceptors (Lipinski definition) is 4. The average Bonchev–Trinajstić information content (AvgIpc) is 2.43. The van der Waals surface area contributed by atoms with E-state index in [0.717, 1.165) is 5.56 Å². The normalized spacial score (nSPS) is 13.2. The molecule has 19 heavy (non-hydrogen) atoms. The first-order valence-electron chi connectivity index (χ1n) is 6.11. The van der Waals surface area contributed by atoms with Crippen LogP contribution in [0.15, 0.2) is 35.4 Å². The summed E-state index contributed by atoms with van der Waals surface area (Å²) in [7, 11) is 0. The van der Waals surface area contributed by atoms with Gasteiger partial charge in [-0.3, -0.25) is 4.79 Å². The zero-order valence-corrected chi connectivity index (χ0v) is 10.8. The summed E-state index contributed by atoms with van der Waals surface area (Å²) >= 11 is 0. The molecule has 0 saturated carbocycles. The van der Waals surface area contributed by atoms with E-state index in [0.29, 0.717) is 12.8 Å².